The van der Waals surface area contributed by atoms with Gasteiger partial charge in [-0.2, -0.15) is 0 Å². The molecule has 0 atom stereocenters. The molecule has 0 heterocycles. The molecule has 0 N–H and O–H groups in total. The van der Waals surface area contributed by atoms with E-state index in [1.54, 1.807) is 0 Å². The average Bonchev–Trinajstić information content (AvgIpc) is 3.38. The van der Waals surface area contributed by atoms with Gasteiger partial charge in [-0.05, 0) is 11.1 Å². The molecule has 0 fully saturated rings. The summed E-state index contributed by atoms with van der Waals surface area (Å²) in [5.41, 5.74) is 3.54. The van der Waals surface area contributed by atoms with Crippen LogP contribution >= 0.6 is 0 Å². The molecular weight excluding hydrogens is 348 g/mol. The molecule has 0 saturated heterocycles. The average molecular weight is 366 g/mol. The fourth-order valence-corrected chi connectivity index (χ4v) is 2.55. The Hall–Kier alpha value is -2.41. The summed E-state index contributed by atoms with van der Waals surface area (Å²) >= 11 is 0. The standard InChI is InChI=1S/C18H13O.C5H5.Fe/c19-18(15-10-2-1-3-11-15)17-13-7-6-12-16(17)14-8-4-5-9-14;1-2-4-5-3-1;/h1-13H;1-5H;. The van der Waals surface area contributed by atoms with E-state index in [2.05, 4.69) is 0 Å². The Labute approximate surface area is 159 Å². The third-order valence-corrected chi connectivity index (χ3v) is 3.74. The molecule has 2 radical (unpaired) electrons. The first kappa shape index (κ1) is 18.9. The molecule has 0 saturated carbocycles. The monoisotopic (exact) mass is 366 g/mol. The van der Waals surface area contributed by atoms with Gasteiger partial charge in [0.1, 0.15) is 0 Å². The Morgan fingerprint density at radius 3 is 1.96 bits per heavy atom. The van der Waals surface area contributed by atoms with Crippen LogP contribution in [0.1, 0.15) is 21.5 Å². The molecule has 0 aromatic heterocycles. The van der Waals surface area contributed by atoms with Crippen molar-refractivity contribution in [2.75, 3.05) is 0 Å². The summed E-state index contributed by atoms with van der Waals surface area (Å²) in [5, 5.41) is 0. The van der Waals surface area contributed by atoms with Crippen LogP contribution in [0.15, 0.2) is 97.1 Å². The van der Waals surface area contributed by atoms with Crippen molar-refractivity contribution in [3.05, 3.63) is 127 Å². The van der Waals surface area contributed by atoms with Crippen molar-refractivity contribution in [2.24, 2.45) is 0 Å². The van der Waals surface area contributed by atoms with Crippen molar-refractivity contribution in [3.8, 4) is 0 Å². The van der Waals surface area contributed by atoms with Gasteiger partial charge in [-0.25, -0.2) is 0 Å². The van der Waals surface area contributed by atoms with E-state index >= 15 is 0 Å². The van der Waals surface area contributed by atoms with E-state index in [1.807, 2.05) is 110 Å². The maximum absolute atomic E-state index is 12.6. The van der Waals surface area contributed by atoms with Crippen LogP contribution in [0, 0.1) is 12.8 Å². The summed E-state index contributed by atoms with van der Waals surface area (Å²) in [5.74, 6) is 0.0670. The molecule has 124 valence electrons. The fraction of sp³-hybridized carbons (Fsp3) is 0. The van der Waals surface area contributed by atoms with Crippen LogP contribution in [-0.2, 0) is 17.1 Å². The van der Waals surface area contributed by atoms with Crippen molar-refractivity contribution >= 4 is 11.4 Å². The first-order valence-corrected chi connectivity index (χ1v) is 7.94. The van der Waals surface area contributed by atoms with Crippen LogP contribution in [0.25, 0.3) is 5.57 Å². The SMILES string of the molecule is O=C(c1ccccc1)c1ccccc1C1=CC=C[CH]1.[CH]1C=CC=C1.[Fe]. The summed E-state index contributed by atoms with van der Waals surface area (Å²) in [7, 11) is 0. The predicted octanol–water partition coefficient (Wildman–Crippen LogP) is 5.39. The van der Waals surface area contributed by atoms with Gasteiger partial charge >= 0.3 is 0 Å². The van der Waals surface area contributed by atoms with E-state index in [0.29, 0.717) is 0 Å². The molecule has 0 unspecified atom stereocenters. The van der Waals surface area contributed by atoms with Gasteiger partial charge in [0.25, 0.3) is 0 Å². The number of hydrogen-bond donors (Lipinski definition) is 0. The second kappa shape index (κ2) is 9.78. The first-order valence-electron chi connectivity index (χ1n) is 7.94. The summed E-state index contributed by atoms with van der Waals surface area (Å²) < 4.78 is 0. The van der Waals surface area contributed by atoms with Crippen LogP contribution < -0.4 is 0 Å². The minimum Gasteiger partial charge on any atom is -0.289 e. The number of allylic oxidation sites excluding steroid dienone is 8. The summed E-state index contributed by atoms with van der Waals surface area (Å²) in [4.78, 5) is 12.6. The van der Waals surface area contributed by atoms with E-state index in [1.165, 1.54) is 0 Å². The Balaban J connectivity index is 0.000000325. The number of benzene rings is 2. The zero-order valence-corrected chi connectivity index (χ0v) is 14.8. The third kappa shape index (κ3) is 5.03. The second-order valence-corrected chi connectivity index (χ2v) is 5.38. The van der Waals surface area contributed by atoms with Crippen LogP contribution in [-0.4, -0.2) is 5.78 Å². The second-order valence-electron chi connectivity index (χ2n) is 5.38. The smallest absolute Gasteiger partial charge is 0.193 e. The fourth-order valence-electron chi connectivity index (χ4n) is 2.55. The number of carbonyl (C=O) groups is 1. The molecule has 2 aromatic carbocycles. The Bertz CT molecular complexity index is 816. The topological polar surface area (TPSA) is 17.1 Å². The summed E-state index contributed by atoms with van der Waals surface area (Å²) in [6.07, 6.45) is 18.0. The number of carbonyl (C=O) groups excluding carboxylic acids is 1. The van der Waals surface area contributed by atoms with Crippen LogP contribution in [0.3, 0.4) is 0 Å². The van der Waals surface area contributed by atoms with Gasteiger partial charge in [0, 0.05) is 41.0 Å². The number of hydrogen-bond acceptors (Lipinski definition) is 1. The molecule has 0 aliphatic heterocycles. The van der Waals surface area contributed by atoms with E-state index in [0.717, 1.165) is 22.3 Å². The molecule has 2 heteroatoms. The molecule has 2 aliphatic rings. The van der Waals surface area contributed by atoms with Crippen LogP contribution in [0.5, 0.6) is 0 Å². The summed E-state index contributed by atoms with van der Waals surface area (Å²) in [6, 6.07) is 17.1. The Morgan fingerprint density at radius 2 is 1.36 bits per heavy atom. The van der Waals surface area contributed by atoms with Crippen molar-refractivity contribution in [1.29, 1.82) is 0 Å². The number of ketones is 1. The van der Waals surface area contributed by atoms with E-state index in [-0.39, 0.29) is 22.9 Å². The van der Waals surface area contributed by atoms with Crippen molar-refractivity contribution in [1.82, 2.24) is 0 Å². The minimum atomic E-state index is 0. The predicted molar refractivity (Wildman–Crippen MR) is 100 cm³/mol. The molecule has 0 bridgehead atoms. The van der Waals surface area contributed by atoms with E-state index in [4.69, 9.17) is 0 Å². The third-order valence-electron chi connectivity index (χ3n) is 3.74. The molecule has 0 spiro atoms. The zero-order chi connectivity index (χ0) is 16.6. The van der Waals surface area contributed by atoms with Crippen LogP contribution in [0.4, 0.5) is 0 Å². The normalized spacial score (nSPS) is 13.7. The quantitative estimate of drug-likeness (QED) is 0.526. The molecule has 25 heavy (non-hydrogen) atoms. The largest absolute Gasteiger partial charge is 0.289 e. The van der Waals surface area contributed by atoms with Crippen molar-refractivity contribution in [3.63, 3.8) is 0 Å². The van der Waals surface area contributed by atoms with Gasteiger partial charge in [0.05, 0.1) is 0 Å². The van der Waals surface area contributed by atoms with Gasteiger partial charge in [-0.1, -0.05) is 97.1 Å². The van der Waals surface area contributed by atoms with Crippen molar-refractivity contribution < 1.29 is 21.9 Å². The van der Waals surface area contributed by atoms with Crippen LogP contribution in [0.2, 0.25) is 0 Å². The molecule has 2 aromatic rings. The zero-order valence-electron chi connectivity index (χ0n) is 13.7. The van der Waals surface area contributed by atoms with Gasteiger partial charge in [0.15, 0.2) is 5.78 Å². The number of rotatable bonds is 3. The minimum absolute atomic E-state index is 0. The molecule has 0 amide bonds. The van der Waals surface area contributed by atoms with Gasteiger partial charge in [-0.3, -0.25) is 4.79 Å². The molecule has 4 rings (SSSR count). The van der Waals surface area contributed by atoms with Gasteiger partial charge < -0.3 is 0 Å². The van der Waals surface area contributed by atoms with E-state index in [9.17, 15) is 4.79 Å². The van der Waals surface area contributed by atoms with E-state index < -0.39 is 0 Å². The molecular formula is C23H18FeO. The van der Waals surface area contributed by atoms with Gasteiger partial charge in [0.2, 0.25) is 0 Å². The first-order chi connectivity index (χ1) is 11.9. The molecule has 1 nitrogen and oxygen atoms in total. The van der Waals surface area contributed by atoms with Crippen molar-refractivity contribution in [2.45, 2.75) is 0 Å². The summed E-state index contributed by atoms with van der Waals surface area (Å²) in [6.45, 7) is 0. The van der Waals surface area contributed by atoms with Gasteiger partial charge in [-0.15, -0.1) is 0 Å². The maximum atomic E-state index is 12.6. The Kier molecular flexibility index (Phi) is 7.40. The maximum Gasteiger partial charge on any atom is 0.193 e. The molecule has 2 aliphatic carbocycles. The Morgan fingerprint density at radius 1 is 0.680 bits per heavy atom.